The molecule has 0 unspecified atom stereocenters. The molecule has 94 valence electrons. The zero-order chi connectivity index (χ0) is 11.7. The van der Waals surface area contributed by atoms with Crippen LogP contribution in [-0.4, -0.2) is 29.9 Å². The maximum Gasteiger partial charge on any atom is 0.257 e. The Morgan fingerprint density at radius 1 is 1.53 bits per heavy atom. The molecule has 0 spiro atoms. The van der Waals surface area contributed by atoms with Crippen molar-refractivity contribution in [1.82, 2.24) is 4.90 Å². The summed E-state index contributed by atoms with van der Waals surface area (Å²) >= 11 is 1.97. The van der Waals surface area contributed by atoms with E-state index in [1.54, 1.807) is 17.0 Å². The summed E-state index contributed by atoms with van der Waals surface area (Å²) in [5.41, 5.74) is 5.89. The van der Waals surface area contributed by atoms with E-state index < -0.39 is 5.82 Å². The number of nitrogens with zero attached hydrogens (tertiary/aromatic N) is 1. The van der Waals surface area contributed by atoms with Crippen LogP contribution < -0.4 is 5.73 Å². The fourth-order valence-corrected chi connectivity index (χ4v) is 2.53. The molecule has 1 aromatic carbocycles. The Labute approximate surface area is 119 Å². The Morgan fingerprint density at radius 2 is 2.24 bits per heavy atom. The fourth-order valence-electron chi connectivity index (χ4n) is 1.83. The standard InChI is InChI=1S/C11H12FIN2O.ClH/c12-8-2-1-3-9(13)10(8)11(16)15-5-4-7(14)6-15;/h1-3,7H,4-6,14H2;1H/t7-;/m1./s1. The zero-order valence-corrected chi connectivity index (χ0v) is 12.0. The summed E-state index contributed by atoms with van der Waals surface area (Å²) in [7, 11) is 0. The van der Waals surface area contributed by atoms with Crippen molar-refractivity contribution in [1.29, 1.82) is 0 Å². The number of carbonyl (C=O) groups is 1. The predicted octanol–water partition coefficient (Wildman–Crippen LogP) is 2.03. The monoisotopic (exact) mass is 370 g/mol. The normalized spacial score (nSPS) is 19.0. The first-order chi connectivity index (χ1) is 7.59. The van der Waals surface area contributed by atoms with Crippen LogP contribution in [0.2, 0.25) is 0 Å². The van der Waals surface area contributed by atoms with Gasteiger partial charge in [0.25, 0.3) is 5.91 Å². The van der Waals surface area contributed by atoms with Gasteiger partial charge in [-0.2, -0.15) is 0 Å². The first-order valence-electron chi connectivity index (χ1n) is 5.08. The maximum absolute atomic E-state index is 13.6. The molecular weight excluding hydrogens is 357 g/mol. The predicted molar refractivity (Wildman–Crippen MR) is 74.9 cm³/mol. The van der Waals surface area contributed by atoms with Gasteiger partial charge in [-0.3, -0.25) is 4.79 Å². The molecule has 0 aliphatic carbocycles. The van der Waals surface area contributed by atoms with Gasteiger partial charge in [-0.05, 0) is 41.1 Å². The number of amides is 1. The van der Waals surface area contributed by atoms with Gasteiger partial charge in [-0.1, -0.05) is 6.07 Å². The van der Waals surface area contributed by atoms with E-state index in [1.807, 2.05) is 22.6 Å². The van der Waals surface area contributed by atoms with Crippen molar-refractivity contribution in [3.05, 3.63) is 33.1 Å². The van der Waals surface area contributed by atoms with Crippen molar-refractivity contribution in [2.24, 2.45) is 5.73 Å². The number of hydrogen-bond acceptors (Lipinski definition) is 2. The quantitative estimate of drug-likeness (QED) is 0.769. The van der Waals surface area contributed by atoms with Gasteiger partial charge < -0.3 is 10.6 Å². The van der Waals surface area contributed by atoms with Crippen molar-refractivity contribution < 1.29 is 9.18 Å². The van der Waals surface area contributed by atoms with E-state index in [9.17, 15) is 9.18 Å². The van der Waals surface area contributed by atoms with Crippen molar-refractivity contribution >= 4 is 40.9 Å². The molecule has 1 heterocycles. The molecule has 0 bridgehead atoms. The van der Waals surface area contributed by atoms with Crippen LogP contribution >= 0.6 is 35.0 Å². The van der Waals surface area contributed by atoms with Crippen molar-refractivity contribution in [2.45, 2.75) is 12.5 Å². The molecule has 1 amide bonds. The highest BCUT2D eigenvalue weighted by molar-refractivity contribution is 14.1. The summed E-state index contributed by atoms with van der Waals surface area (Å²) in [4.78, 5) is 13.7. The lowest BCUT2D eigenvalue weighted by molar-refractivity contribution is 0.0785. The van der Waals surface area contributed by atoms with Gasteiger partial charge in [0.05, 0.1) is 5.56 Å². The van der Waals surface area contributed by atoms with E-state index in [4.69, 9.17) is 5.73 Å². The average molecular weight is 371 g/mol. The Bertz CT molecular complexity index is 410. The maximum atomic E-state index is 13.6. The van der Waals surface area contributed by atoms with E-state index in [1.165, 1.54) is 6.07 Å². The van der Waals surface area contributed by atoms with Gasteiger partial charge in [0.15, 0.2) is 0 Å². The number of halogens is 3. The molecule has 1 fully saturated rings. The molecule has 2 N–H and O–H groups in total. The highest BCUT2D eigenvalue weighted by Crippen LogP contribution is 2.20. The Morgan fingerprint density at radius 3 is 2.76 bits per heavy atom. The van der Waals surface area contributed by atoms with E-state index in [0.29, 0.717) is 16.7 Å². The third kappa shape index (κ3) is 3.08. The van der Waals surface area contributed by atoms with Gasteiger partial charge >= 0.3 is 0 Å². The summed E-state index contributed by atoms with van der Waals surface area (Å²) in [6, 6.07) is 4.66. The number of hydrogen-bond donors (Lipinski definition) is 1. The number of benzene rings is 1. The lowest BCUT2D eigenvalue weighted by Gasteiger charge is -2.17. The molecular formula is C11H13ClFIN2O. The third-order valence-corrected chi connectivity index (χ3v) is 3.59. The van der Waals surface area contributed by atoms with E-state index in [0.717, 1.165) is 6.42 Å². The first kappa shape index (κ1) is 14.7. The van der Waals surface area contributed by atoms with Crippen molar-refractivity contribution in [3.8, 4) is 0 Å². The van der Waals surface area contributed by atoms with Gasteiger partial charge in [0.2, 0.25) is 0 Å². The second kappa shape index (κ2) is 5.97. The lowest BCUT2D eigenvalue weighted by atomic mass is 10.2. The number of likely N-dealkylation sites (tertiary alicyclic amines) is 1. The van der Waals surface area contributed by atoms with Gasteiger partial charge in [-0.15, -0.1) is 12.4 Å². The van der Waals surface area contributed by atoms with Gasteiger partial charge in [0.1, 0.15) is 5.82 Å². The SMILES string of the molecule is Cl.N[C@@H]1CCN(C(=O)c2c(F)cccc2I)C1. The largest absolute Gasteiger partial charge is 0.337 e. The minimum absolute atomic E-state index is 0. The average Bonchev–Trinajstić information content (AvgIpc) is 2.64. The lowest BCUT2D eigenvalue weighted by Crippen LogP contribution is -2.32. The highest BCUT2D eigenvalue weighted by atomic mass is 127. The van der Waals surface area contributed by atoms with Gasteiger partial charge in [0, 0.05) is 22.7 Å². The van der Waals surface area contributed by atoms with Crippen molar-refractivity contribution in [3.63, 3.8) is 0 Å². The Hall–Kier alpha value is -0.400. The molecule has 1 aromatic rings. The molecule has 1 saturated heterocycles. The van der Waals surface area contributed by atoms with Crippen LogP contribution in [0.15, 0.2) is 18.2 Å². The van der Waals surface area contributed by atoms with Gasteiger partial charge in [-0.25, -0.2) is 4.39 Å². The molecule has 2 rings (SSSR count). The smallest absolute Gasteiger partial charge is 0.257 e. The molecule has 0 aromatic heterocycles. The van der Waals surface area contributed by atoms with Crippen LogP contribution in [0.5, 0.6) is 0 Å². The fraction of sp³-hybridized carbons (Fsp3) is 0.364. The minimum atomic E-state index is -0.461. The van der Waals surface area contributed by atoms with Crippen LogP contribution in [0.1, 0.15) is 16.8 Å². The molecule has 0 radical (unpaired) electrons. The summed E-state index contributed by atoms with van der Waals surface area (Å²) in [6.45, 7) is 1.13. The zero-order valence-electron chi connectivity index (χ0n) is 9.03. The molecule has 1 atom stereocenters. The Kier molecular flexibility index (Phi) is 5.15. The Balaban J connectivity index is 0.00000144. The summed E-state index contributed by atoms with van der Waals surface area (Å²) in [5.74, 6) is -0.715. The van der Waals surface area contributed by atoms with E-state index >= 15 is 0 Å². The minimum Gasteiger partial charge on any atom is -0.337 e. The number of carbonyl (C=O) groups excluding carboxylic acids is 1. The molecule has 6 heteroatoms. The van der Waals surface area contributed by atoms with Crippen LogP contribution in [0.3, 0.4) is 0 Å². The second-order valence-electron chi connectivity index (χ2n) is 3.90. The summed E-state index contributed by atoms with van der Waals surface area (Å²) < 4.78 is 14.2. The third-order valence-electron chi connectivity index (χ3n) is 2.69. The van der Waals surface area contributed by atoms with Crippen LogP contribution in [0, 0.1) is 9.39 Å². The van der Waals surface area contributed by atoms with Crippen LogP contribution in [0.4, 0.5) is 4.39 Å². The topological polar surface area (TPSA) is 46.3 Å². The molecule has 0 saturated carbocycles. The number of rotatable bonds is 1. The summed E-state index contributed by atoms with van der Waals surface area (Å²) in [6.07, 6.45) is 0.788. The summed E-state index contributed by atoms with van der Waals surface area (Å²) in [5, 5.41) is 0. The highest BCUT2D eigenvalue weighted by Gasteiger charge is 2.27. The van der Waals surface area contributed by atoms with E-state index in [-0.39, 0.29) is 29.9 Å². The molecule has 1 aliphatic heterocycles. The number of nitrogens with two attached hydrogens (primary N) is 1. The first-order valence-corrected chi connectivity index (χ1v) is 6.16. The molecule has 3 nitrogen and oxygen atoms in total. The van der Waals surface area contributed by atoms with E-state index in [2.05, 4.69) is 0 Å². The molecule has 17 heavy (non-hydrogen) atoms. The molecule has 1 aliphatic rings. The van der Waals surface area contributed by atoms with Crippen LogP contribution in [0.25, 0.3) is 0 Å². The van der Waals surface area contributed by atoms with Crippen LogP contribution in [-0.2, 0) is 0 Å². The van der Waals surface area contributed by atoms with Crippen molar-refractivity contribution in [2.75, 3.05) is 13.1 Å². The second-order valence-corrected chi connectivity index (χ2v) is 5.06.